The lowest BCUT2D eigenvalue weighted by molar-refractivity contribution is -0.384. The van der Waals surface area contributed by atoms with Gasteiger partial charge in [0.1, 0.15) is 5.57 Å². The monoisotopic (exact) mass is 616 g/mol. The van der Waals surface area contributed by atoms with Crippen LogP contribution >= 0.6 is 35.6 Å². The lowest BCUT2D eigenvalue weighted by atomic mass is 10.1. The summed E-state index contributed by atoms with van der Waals surface area (Å²) in [5.41, 5.74) is 4.07. The van der Waals surface area contributed by atoms with Gasteiger partial charge in [-0.25, -0.2) is 0 Å². The van der Waals surface area contributed by atoms with Crippen LogP contribution in [0.3, 0.4) is 0 Å². The van der Waals surface area contributed by atoms with Crippen LogP contribution in [-0.2, 0) is 9.59 Å². The Balaban J connectivity index is 1.44. The highest BCUT2D eigenvalue weighted by atomic mass is 35.5. The van der Waals surface area contributed by atoms with Gasteiger partial charge in [-0.05, 0) is 111 Å². The quantitative estimate of drug-likeness (QED) is 0.0708. The van der Waals surface area contributed by atoms with Gasteiger partial charge >= 0.3 is 0 Å². The Morgan fingerprint density at radius 3 is 2.05 bits per heavy atom. The largest absolute Gasteiger partial charge is 0.318 e. The Morgan fingerprint density at radius 1 is 0.905 bits per heavy atom. The number of nitrogens with zero attached hydrogens (tertiary/aromatic N) is 4. The van der Waals surface area contributed by atoms with Crippen molar-refractivity contribution in [3.63, 3.8) is 0 Å². The fourth-order valence-electron chi connectivity index (χ4n) is 4.79. The van der Waals surface area contributed by atoms with Gasteiger partial charge in [0.2, 0.25) is 0 Å². The first-order valence-corrected chi connectivity index (χ1v) is 14.6. The number of benzene rings is 3. The van der Waals surface area contributed by atoms with E-state index in [2.05, 4.69) is 4.57 Å². The summed E-state index contributed by atoms with van der Waals surface area (Å²) in [6, 6.07) is 23.1. The zero-order valence-corrected chi connectivity index (χ0v) is 25.3. The van der Waals surface area contributed by atoms with Crippen LogP contribution < -0.4 is 4.90 Å². The number of thiocarbonyl (C=S) groups is 1. The molecule has 4 aromatic rings. The number of carbonyl (C=O) groups excluding carboxylic acids is 2. The third-order valence-electron chi connectivity index (χ3n) is 6.88. The molecule has 0 spiro atoms. The van der Waals surface area contributed by atoms with Crippen LogP contribution in [0.25, 0.3) is 11.8 Å². The number of anilines is 1. The lowest BCUT2D eigenvalue weighted by Gasteiger charge is -2.36. The molecule has 0 N–H and O–H groups in total. The number of halogens is 1. The van der Waals surface area contributed by atoms with E-state index in [-0.39, 0.29) is 16.4 Å². The zero-order valence-electron chi connectivity index (χ0n) is 22.9. The highest BCUT2D eigenvalue weighted by Crippen LogP contribution is 2.32. The molecule has 2 amide bonds. The molecule has 3 aromatic carbocycles. The second-order valence-electron chi connectivity index (χ2n) is 9.52. The molecule has 0 saturated carbocycles. The van der Waals surface area contributed by atoms with Crippen LogP contribution in [0.1, 0.15) is 23.9 Å². The second-order valence-corrected chi connectivity index (χ2v) is 11.5. The normalized spacial score (nSPS) is 14.7. The summed E-state index contributed by atoms with van der Waals surface area (Å²) in [4.78, 5) is 42.2. The number of hydrogen-bond acceptors (Lipinski definition) is 6. The summed E-state index contributed by atoms with van der Waals surface area (Å²) in [7, 11) is 0. The first-order chi connectivity index (χ1) is 20.1. The van der Waals surface area contributed by atoms with Crippen molar-refractivity contribution in [3.8, 4) is 5.69 Å². The summed E-state index contributed by atoms with van der Waals surface area (Å²) >= 11 is 13.1. The average Bonchev–Trinajstić information content (AvgIpc) is 3.25. The van der Waals surface area contributed by atoms with Crippen molar-refractivity contribution < 1.29 is 14.5 Å². The molecular formula is C31H25ClN4O4S2. The van der Waals surface area contributed by atoms with Gasteiger partial charge in [-0.2, -0.15) is 0 Å². The SMILES string of the molecule is CCN1C(=O)/C(=C\c2cc(C)n(-c3ccc(Sc4ccc([N+](=O)[O-])cc4)cc3)c2C)C(=O)N(c2ccc(Cl)cc2)C1=S. The Kier molecular flexibility index (Phi) is 8.31. The number of likely N-dealkylation sites (N-methyl/N-ethyl adjacent to an activating group) is 1. The molecule has 212 valence electrons. The Hall–Kier alpha value is -4.25. The van der Waals surface area contributed by atoms with Gasteiger partial charge in [0.05, 0.1) is 10.6 Å². The molecular weight excluding hydrogens is 592 g/mol. The van der Waals surface area contributed by atoms with E-state index in [1.165, 1.54) is 33.7 Å². The number of carbonyl (C=O) groups is 2. The fourth-order valence-corrected chi connectivity index (χ4v) is 6.14. The van der Waals surface area contributed by atoms with Gasteiger partial charge in [0, 0.05) is 50.6 Å². The van der Waals surface area contributed by atoms with E-state index in [1.807, 2.05) is 51.1 Å². The minimum atomic E-state index is -0.491. The minimum Gasteiger partial charge on any atom is -0.318 e. The zero-order chi connectivity index (χ0) is 30.1. The molecule has 0 bridgehead atoms. The number of aromatic nitrogens is 1. The Bertz CT molecular complexity index is 1750. The van der Waals surface area contributed by atoms with Crippen LogP contribution in [0.4, 0.5) is 11.4 Å². The van der Waals surface area contributed by atoms with Crippen LogP contribution in [0.15, 0.2) is 94.2 Å². The molecule has 11 heteroatoms. The van der Waals surface area contributed by atoms with Gasteiger partial charge < -0.3 is 4.57 Å². The maximum absolute atomic E-state index is 13.7. The predicted octanol–water partition coefficient (Wildman–Crippen LogP) is 7.37. The first kappa shape index (κ1) is 29.2. The Labute approximate surface area is 257 Å². The molecule has 8 nitrogen and oxygen atoms in total. The highest BCUT2D eigenvalue weighted by Gasteiger charge is 2.39. The van der Waals surface area contributed by atoms with Gasteiger partial charge in [-0.15, -0.1) is 0 Å². The lowest BCUT2D eigenvalue weighted by Crippen LogP contribution is -2.56. The van der Waals surface area contributed by atoms with Crippen molar-refractivity contribution in [1.82, 2.24) is 9.47 Å². The highest BCUT2D eigenvalue weighted by molar-refractivity contribution is 7.99. The number of non-ortho nitro benzene ring substituents is 1. The van der Waals surface area contributed by atoms with Crippen molar-refractivity contribution in [1.29, 1.82) is 0 Å². The molecule has 1 saturated heterocycles. The fraction of sp³-hybridized carbons (Fsp3) is 0.129. The maximum atomic E-state index is 13.7. The molecule has 0 atom stereocenters. The summed E-state index contributed by atoms with van der Waals surface area (Å²) in [6.45, 7) is 6.03. The molecule has 42 heavy (non-hydrogen) atoms. The van der Waals surface area contributed by atoms with Crippen molar-refractivity contribution in [3.05, 3.63) is 117 Å². The third-order valence-corrected chi connectivity index (χ3v) is 8.55. The molecule has 5 rings (SSSR count). The molecule has 0 aliphatic carbocycles. The van der Waals surface area contributed by atoms with Crippen LogP contribution in [0, 0.1) is 24.0 Å². The molecule has 1 aliphatic rings. The first-order valence-electron chi connectivity index (χ1n) is 13.0. The molecule has 1 fully saturated rings. The van der Waals surface area contributed by atoms with Crippen molar-refractivity contribution in [2.45, 2.75) is 30.6 Å². The molecule has 2 heterocycles. The van der Waals surface area contributed by atoms with Crippen molar-refractivity contribution in [2.75, 3.05) is 11.4 Å². The number of rotatable bonds is 7. The molecule has 0 unspecified atom stereocenters. The topological polar surface area (TPSA) is 88.7 Å². The van der Waals surface area contributed by atoms with E-state index in [1.54, 1.807) is 42.5 Å². The van der Waals surface area contributed by atoms with Crippen molar-refractivity contribution >= 4 is 70.0 Å². The number of amides is 2. The van der Waals surface area contributed by atoms with Gasteiger partial charge in [0.25, 0.3) is 17.5 Å². The van der Waals surface area contributed by atoms with E-state index in [4.69, 9.17) is 23.8 Å². The summed E-state index contributed by atoms with van der Waals surface area (Å²) in [6.07, 6.45) is 1.63. The summed E-state index contributed by atoms with van der Waals surface area (Å²) < 4.78 is 2.06. The van der Waals surface area contributed by atoms with Crippen molar-refractivity contribution in [2.24, 2.45) is 0 Å². The van der Waals surface area contributed by atoms with E-state index >= 15 is 0 Å². The van der Waals surface area contributed by atoms with Gasteiger partial charge in [-0.3, -0.25) is 29.5 Å². The van der Waals surface area contributed by atoms with Gasteiger partial charge in [0.15, 0.2) is 5.11 Å². The summed E-state index contributed by atoms with van der Waals surface area (Å²) in [5.74, 6) is -0.926. The number of nitro groups is 1. The van der Waals surface area contributed by atoms with E-state index < -0.39 is 16.7 Å². The predicted molar refractivity (Wildman–Crippen MR) is 169 cm³/mol. The summed E-state index contributed by atoms with van der Waals surface area (Å²) in [5, 5.41) is 11.6. The van der Waals surface area contributed by atoms with Crippen LogP contribution in [-0.4, -0.2) is 37.9 Å². The number of nitro benzene ring substituents is 1. The smallest absolute Gasteiger partial charge is 0.270 e. The van der Waals surface area contributed by atoms with Crippen LogP contribution in [0.2, 0.25) is 5.02 Å². The van der Waals surface area contributed by atoms with E-state index in [9.17, 15) is 19.7 Å². The molecule has 0 radical (unpaired) electrons. The minimum absolute atomic E-state index is 0.0236. The third kappa shape index (κ3) is 5.61. The van der Waals surface area contributed by atoms with Gasteiger partial charge in [-0.1, -0.05) is 23.4 Å². The van der Waals surface area contributed by atoms with E-state index in [0.29, 0.717) is 17.3 Å². The molecule has 1 aromatic heterocycles. The Morgan fingerprint density at radius 2 is 1.48 bits per heavy atom. The number of hydrogen-bond donors (Lipinski definition) is 0. The van der Waals surface area contributed by atoms with Crippen LogP contribution in [0.5, 0.6) is 0 Å². The average molecular weight is 617 g/mol. The maximum Gasteiger partial charge on any atom is 0.270 e. The van der Waals surface area contributed by atoms with E-state index in [0.717, 1.165) is 32.4 Å². The second kappa shape index (κ2) is 11.9. The molecule has 1 aliphatic heterocycles. The number of aryl methyl sites for hydroxylation is 1. The standard InChI is InChI=1S/C31H25ClN4O4S2/c1-4-33-29(37)28(30(38)35(31(33)41)24-7-5-22(32)6-8-24)18-21-17-19(2)34(20(21)3)23-9-13-26(14-10-23)42-27-15-11-25(12-16-27)36(39)40/h5-18H,4H2,1-3H3/b28-18+.